The molecule has 3 rings (SSSR count). The Morgan fingerprint density at radius 3 is 3.05 bits per heavy atom. The van der Waals surface area contributed by atoms with Crippen LogP contribution in [-0.2, 0) is 11.3 Å². The Morgan fingerprint density at radius 2 is 2.29 bits per heavy atom. The maximum atomic E-state index is 12.7. The Balaban J connectivity index is 1.76. The highest BCUT2D eigenvalue weighted by molar-refractivity contribution is 9.11. The first-order valence-corrected chi connectivity index (χ1v) is 8.52. The highest BCUT2D eigenvalue weighted by atomic mass is 79.9. The lowest BCUT2D eigenvalue weighted by atomic mass is 9.92. The number of rotatable bonds is 3. The van der Waals surface area contributed by atoms with E-state index >= 15 is 0 Å². The van der Waals surface area contributed by atoms with Crippen molar-refractivity contribution < 1.29 is 9.53 Å². The summed E-state index contributed by atoms with van der Waals surface area (Å²) in [5.41, 5.74) is 2.16. The predicted octanol–water partition coefficient (Wildman–Crippen LogP) is 4.04. The minimum Gasteiger partial charge on any atom is -0.493 e. The molecule has 1 aromatic heterocycles. The van der Waals surface area contributed by atoms with E-state index in [1.807, 2.05) is 31.3 Å². The van der Waals surface area contributed by atoms with E-state index in [9.17, 15) is 4.79 Å². The smallest absolute Gasteiger partial charge is 0.230 e. The number of carbonyl (C=O) groups is 1. The van der Waals surface area contributed by atoms with Crippen LogP contribution in [0.5, 0.6) is 5.75 Å². The Morgan fingerprint density at radius 1 is 1.48 bits per heavy atom. The average molecular weight is 366 g/mol. The molecule has 1 aliphatic heterocycles. The van der Waals surface area contributed by atoms with Crippen molar-refractivity contribution in [3.63, 3.8) is 0 Å². The third-order valence-corrected chi connectivity index (χ3v) is 5.23. The molecule has 1 amide bonds. The number of fused-ring (bicyclic) bond motifs is 1. The molecule has 0 N–H and O–H groups in total. The first-order valence-electron chi connectivity index (χ1n) is 6.85. The standard InChI is InChI=1S/C16H16BrNO2S/c1-18(9-11-8-15(17)21-10-11)16(19)13-6-7-20-14-5-3-2-4-12(13)14/h2-5,8,10,13H,6-7,9H2,1H3. The molecular formula is C16H16BrNO2S. The van der Waals surface area contributed by atoms with Crippen LogP contribution in [0.3, 0.4) is 0 Å². The first-order chi connectivity index (χ1) is 10.1. The second-order valence-electron chi connectivity index (χ2n) is 5.18. The number of likely N-dealkylation sites (N-methyl/N-ethyl adjacent to an activating group) is 1. The van der Waals surface area contributed by atoms with E-state index in [0.717, 1.165) is 27.1 Å². The zero-order valence-electron chi connectivity index (χ0n) is 11.7. The second-order valence-corrected chi connectivity index (χ2v) is 7.47. The predicted molar refractivity (Wildman–Crippen MR) is 87.8 cm³/mol. The van der Waals surface area contributed by atoms with E-state index in [1.165, 1.54) is 0 Å². The molecule has 0 aliphatic carbocycles. The van der Waals surface area contributed by atoms with E-state index in [1.54, 1.807) is 16.2 Å². The molecule has 0 saturated carbocycles. The van der Waals surface area contributed by atoms with Crippen molar-refractivity contribution in [2.75, 3.05) is 13.7 Å². The summed E-state index contributed by atoms with van der Waals surface area (Å²) in [6, 6.07) is 9.89. The van der Waals surface area contributed by atoms with Gasteiger partial charge in [-0.3, -0.25) is 4.79 Å². The molecular weight excluding hydrogens is 350 g/mol. The number of nitrogens with zero attached hydrogens (tertiary/aromatic N) is 1. The summed E-state index contributed by atoms with van der Waals surface area (Å²) >= 11 is 5.10. The number of carbonyl (C=O) groups excluding carboxylic acids is 1. The molecule has 2 heterocycles. The van der Waals surface area contributed by atoms with Gasteiger partial charge < -0.3 is 9.64 Å². The fourth-order valence-electron chi connectivity index (χ4n) is 2.65. The van der Waals surface area contributed by atoms with Gasteiger partial charge in [-0.05, 0) is 45.4 Å². The van der Waals surface area contributed by atoms with Gasteiger partial charge in [-0.15, -0.1) is 11.3 Å². The number of thiophene rings is 1. The van der Waals surface area contributed by atoms with E-state index in [-0.39, 0.29) is 11.8 Å². The summed E-state index contributed by atoms with van der Waals surface area (Å²) in [6.07, 6.45) is 0.744. The molecule has 0 bridgehead atoms. The lowest BCUT2D eigenvalue weighted by Gasteiger charge is -2.28. The minimum atomic E-state index is -0.0953. The molecule has 0 radical (unpaired) electrons. The lowest BCUT2D eigenvalue weighted by molar-refractivity contribution is -0.132. The van der Waals surface area contributed by atoms with E-state index in [2.05, 4.69) is 27.4 Å². The van der Waals surface area contributed by atoms with Crippen LogP contribution in [0.25, 0.3) is 0 Å². The molecule has 2 aromatic rings. The van der Waals surface area contributed by atoms with Crippen molar-refractivity contribution in [3.8, 4) is 5.75 Å². The van der Waals surface area contributed by atoms with Crippen LogP contribution in [0.1, 0.15) is 23.5 Å². The molecule has 1 aromatic carbocycles. The quantitative estimate of drug-likeness (QED) is 0.821. The molecule has 110 valence electrons. The number of amides is 1. The van der Waals surface area contributed by atoms with Gasteiger partial charge in [0.25, 0.3) is 0 Å². The van der Waals surface area contributed by atoms with Crippen LogP contribution < -0.4 is 4.74 Å². The third kappa shape index (κ3) is 3.14. The summed E-state index contributed by atoms with van der Waals surface area (Å²) in [4.78, 5) is 14.5. The van der Waals surface area contributed by atoms with Crippen molar-refractivity contribution in [1.29, 1.82) is 0 Å². The molecule has 1 atom stereocenters. The number of hydrogen-bond acceptors (Lipinski definition) is 3. The van der Waals surface area contributed by atoms with Crippen molar-refractivity contribution in [3.05, 3.63) is 50.6 Å². The SMILES string of the molecule is CN(Cc1csc(Br)c1)C(=O)C1CCOc2ccccc21. The van der Waals surface area contributed by atoms with Gasteiger partial charge in [-0.1, -0.05) is 18.2 Å². The van der Waals surface area contributed by atoms with Crippen molar-refractivity contribution >= 4 is 33.2 Å². The zero-order valence-corrected chi connectivity index (χ0v) is 14.1. The van der Waals surface area contributed by atoms with E-state index in [4.69, 9.17) is 4.74 Å². The summed E-state index contributed by atoms with van der Waals surface area (Å²) in [5, 5.41) is 2.08. The number of halogens is 1. The maximum Gasteiger partial charge on any atom is 0.230 e. The molecule has 5 heteroatoms. The van der Waals surface area contributed by atoms with E-state index < -0.39 is 0 Å². The summed E-state index contributed by atoms with van der Waals surface area (Å²) in [5.74, 6) is 0.906. The highest BCUT2D eigenvalue weighted by Crippen LogP contribution is 2.34. The fraction of sp³-hybridized carbons (Fsp3) is 0.312. The Labute approximate surface area is 136 Å². The molecule has 0 spiro atoms. The Kier molecular flexibility index (Phi) is 4.31. The average Bonchev–Trinajstić information content (AvgIpc) is 2.91. The van der Waals surface area contributed by atoms with Gasteiger partial charge in [-0.25, -0.2) is 0 Å². The van der Waals surface area contributed by atoms with Crippen LogP contribution in [0.4, 0.5) is 0 Å². The van der Waals surface area contributed by atoms with Crippen molar-refractivity contribution in [2.45, 2.75) is 18.9 Å². The molecule has 0 fully saturated rings. The lowest BCUT2D eigenvalue weighted by Crippen LogP contribution is -2.33. The van der Waals surface area contributed by atoms with Crippen molar-refractivity contribution in [1.82, 2.24) is 4.90 Å². The van der Waals surface area contributed by atoms with Gasteiger partial charge in [0.1, 0.15) is 5.75 Å². The number of hydrogen-bond donors (Lipinski definition) is 0. The normalized spacial score (nSPS) is 17.0. The number of benzene rings is 1. The molecule has 0 saturated heterocycles. The van der Waals surface area contributed by atoms with E-state index in [0.29, 0.717) is 13.2 Å². The molecule has 1 unspecified atom stereocenters. The van der Waals surface area contributed by atoms with Gasteiger partial charge in [-0.2, -0.15) is 0 Å². The third-order valence-electron chi connectivity index (χ3n) is 3.67. The molecule has 3 nitrogen and oxygen atoms in total. The van der Waals surface area contributed by atoms with Gasteiger partial charge in [0.15, 0.2) is 0 Å². The number of ether oxygens (including phenoxy) is 1. The number of para-hydroxylation sites is 1. The van der Waals surface area contributed by atoms with Crippen LogP contribution in [0.15, 0.2) is 39.5 Å². The largest absolute Gasteiger partial charge is 0.493 e. The summed E-state index contributed by atoms with van der Waals surface area (Å²) in [7, 11) is 1.87. The summed E-state index contributed by atoms with van der Waals surface area (Å²) in [6.45, 7) is 1.24. The topological polar surface area (TPSA) is 29.5 Å². The molecule has 21 heavy (non-hydrogen) atoms. The monoisotopic (exact) mass is 365 g/mol. The Bertz CT molecular complexity index is 655. The van der Waals surface area contributed by atoms with Gasteiger partial charge >= 0.3 is 0 Å². The van der Waals surface area contributed by atoms with Crippen LogP contribution in [0, 0.1) is 0 Å². The summed E-state index contributed by atoms with van der Waals surface area (Å²) < 4.78 is 6.72. The maximum absolute atomic E-state index is 12.7. The van der Waals surface area contributed by atoms with Gasteiger partial charge in [0.2, 0.25) is 5.91 Å². The van der Waals surface area contributed by atoms with Gasteiger partial charge in [0.05, 0.1) is 16.3 Å². The van der Waals surface area contributed by atoms with Crippen LogP contribution in [-0.4, -0.2) is 24.5 Å². The molecule has 1 aliphatic rings. The fourth-order valence-corrected chi connectivity index (χ4v) is 3.85. The van der Waals surface area contributed by atoms with Crippen molar-refractivity contribution in [2.24, 2.45) is 0 Å². The zero-order chi connectivity index (χ0) is 14.8. The minimum absolute atomic E-state index is 0.0953. The van der Waals surface area contributed by atoms with Gasteiger partial charge in [0, 0.05) is 19.2 Å². The highest BCUT2D eigenvalue weighted by Gasteiger charge is 2.29. The first kappa shape index (κ1) is 14.6. The Hall–Kier alpha value is -1.33. The van der Waals surface area contributed by atoms with Crippen LogP contribution >= 0.6 is 27.3 Å². The van der Waals surface area contributed by atoms with Crippen LogP contribution in [0.2, 0.25) is 0 Å². The second kappa shape index (κ2) is 6.20.